The van der Waals surface area contributed by atoms with E-state index in [4.69, 9.17) is 5.73 Å². The van der Waals surface area contributed by atoms with Crippen molar-refractivity contribution in [1.29, 1.82) is 0 Å². The minimum absolute atomic E-state index is 0.0337. The van der Waals surface area contributed by atoms with E-state index in [9.17, 15) is 13.2 Å². The van der Waals surface area contributed by atoms with Crippen molar-refractivity contribution >= 4 is 11.6 Å². The van der Waals surface area contributed by atoms with Gasteiger partial charge < -0.3 is 15.8 Å². The molecule has 0 saturated heterocycles. The van der Waals surface area contributed by atoms with Gasteiger partial charge in [-0.1, -0.05) is 24.3 Å². The van der Waals surface area contributed by atoms with E-state index in [1.54, 1.807) is 17.1 Å². The Morgan fingerprint density at radius 3 is 2.56 bits per heavy atom. The summed E-state index contributed by atoms with van der Waals surface area (Å²) in [6.45, 7) is 0.249. The fourth-order valence-electron chi connectivity index (χ4n) is 2.23. The van der Waals surface area contributed by atoms with Crippen molar-refractivity contribution in [3.8, 4) is 11.4 Å². The zero-order chi connectivity index (χ0) is 19.3. The van der Waals surface area contributed by atoms with Crippen LogP contribution in [-0.4, -0.2) is 27.1 Å². The summed E-state index contributed by atoms with van der Waals surface area (Å²) in [5.41, 5.74) is 7.54. The molecule has 0 amide bonds. The van der Waals surface area contributed by atoms with Gasteiger partial charge in [0.05, 0.1) is 17.9 Å². The van der Waals surface area contributed by atoms with E-state index in [-0.39, 0.29) is 23.9 Å². The summed E-state index contributed by atoms with van der Waals surface area (Å²) in [4.78, 5) is 8.01. The summed E-state index contributed by atoms with van der Waals surface area (Å²) in [5.74, 6) is -0.422. The number of nitrogens with one attached hydrogen (secondary N) is 1. The quantitative estimate of drug-likeness (QED) is 0.528. The topological polar surface area (TPSA) is 90.4 Å². The molecule has 0 bridgehead atoms. The fourth-order valence-corrected chi connectivity index (χ4v) is 2.23. The number of guanidine groups is 1. The molecule has 140 valence electrons. The molecule has 3 aromatic rings. The van der Waals surface area contributed by atoms with Crippen molar-refractivity contribution in [3.63, 3.8) is 0 Å². The molecule has 2 aromatic carbocycles. The predicted molar refractivity (Wildman–Crippen MR) is 93.4 cm³/mol. The fraction of sp³-hybridized carbons (Fsp3) is 0.118. The van der Waals surface area contributed by atoms with Crippen molar-refractivity contribution in [3.05, 3.63) is 66.7 Å². The third-order valence-electron chi connectivity index (χ3n) is 3.43. The predicted octanol–water partition coefficient (Wildman–Crippen LogP) is 3.09. The lowest BCUT2D eigenvalue weighted by Crippen LogP contribution is -2.24. The normalized spacial score (nSPS) is 12.0. The third-order valence-corrected chi connectivity index (χ3v) is 3.43. The van der Waals surface area contributed by atoms with E-state index >= 15 is 0 Å². The first kappa shape index (κ1) is 18.2. The number of anilines is 1. The summed E-state index contributed by atoms with van der Waals surface area (Å²) >= 11 is 0. The van der Waals surface area contributed by atoms with E-state index in [1.807, 2.05) is 24.3 Å². The van der Waals surface area contributed by atoms with Crippen LogP contribution in [0.15, 0.2) is 66.2 Å². The van der Waals surface area contributed by atoms with E-state index in [2.05, 4.69) is 25.1 Å². The van der Waals surface area contributed by atoms with E-state index in [1.165, 1.54) is 24.5 Å². The molecule has 0 spiro atoms. The summed E-state index contributed by atoms with van der Waals surface area (Å²) in [5, 5.41) is 6.64. The molecular weight excluding hydrogens is 361 g/mol. The van der Waals surface area contributed by atoms with Gasteiger partial charge in [-0.2, -0.15) is 5.10 Å². The van der Waals surface area contributed by atoms with Crippen molar-refractivity contribution in [2.75, 3.05) is 5.32 Å². The first-order valence-corrected chi connectivity index (χ1v) is 7.76. The number of halogens is 3. The van der Waals surface area contributed by atoms with Crippen LogP contribution in [0.4, 0.5) is 18.9 Å². The number of nitrogens with two attached hydrogens (primary N) is 1. The second-order valence-electron chi connectivity index (χ2n) is 5.38. The van der Waals surface area contributed by atoms with Crippen LogP contribution in [0.25, 0.3) is 5.69 Å². The average molecular weight is 376 g/mol. The molecule has 0 fully saturated rings. The van der Waals surface area contributed by atoms with Crippen LogP contribution in [0, 0.1) is 0 Å². The first-order valence-electron chi connectivity index (χ1n) is 7.76. The lowest BCUT2D eigenvalue weighted by atomic mass is 10.2. The van der Waals surface area contributed by atoms with Crippen LogP contribution in [0.5, 0.6) is 5.75 Å². The number of aliphatic imine (C=N–C) groups is 1. The lowest BCUT2D eigenvalue weighted by molar-refractivity contribution is -0.274. The van der Waals surface area contributed by atoms with Gasteiger partial charge in [-0.3, -0.25) is 0 Å². The summed E-state index contributed by atoms with van der Waals surface area (Å²) in [6, 6.07) is 13.0. The van der Waals surface area contributed by atoms with Crippen LogP contribution in [-0.2, 0) is 6.54 Å². The molecule has 10 heteroatoms. The minimum Gasteiger partial charge on any atom is -0.404 e. The maximum Gasteiger partial charge on any atom is 0.573 e. The number of alkyl halides is 3. The molecule has 7 nitrogen and oxygen atoms in total. The van der Waals surface area contributed by atoms with Gasteiger partial charge >= 0.3 is 6.36 Å². The molecule has 27 heavy (non-hydrogen) atoms. The molecule has 0 radical (unpaired) electrons. The number of hydrogen-bond acceptors (Lipinski definition) is 4. The minimum atomic E-state index is -4.80. The van der Waals surface area contributed by atoms with Crippen molar-refractivity contribution in [2.45, 2.75) is 12.9 Å². The van der Waals surface area contributed by atoms with E-state index < -0.39 is 6.36 Å². The Morgan fingerprint density at radius 2 is 1.89 bits per heavy atom. The summed E-state index contributed by atoms with van der Waals surface area (Å²) in [6.07, 6.45) is -1.78. The molecule has 3 N–H and O–H groups in total. The number of benzene rings is 2. The summed E-state index contributed by atoms with van der Waals surface area (Å²) in [7, 11) is 0. The highest BCUT2D eigenvalue weighted by Gasteiger charge is 2.32. The largest absolute Gasteiger partial charge is 0.573 e. The molecule has 1 heterocycles. The second kappa shape index (κ2) is 7.77. The first-order chi connectivity index (χ1) is 12.9. The van der Waals surface area contributed by atoms with Crippen LogP contribution >= 0.6 is 0 Å². The van der Waals surface area contributed by atoms with Gasteiger partial charge in [0.1, 0.15) is 12.7 Å². The molecular formula is C17H15F3N6O. The molecule has 0 aliphatic carbocycles. The maximum atomic E-state index is 12.4. The average Bonchev–Trinajstić information content (AvgIpc) is 3.16. The molecule has 0 unspecified atom stereocenters. The van der Waals surface area contributed by atoms with E-state index in [0.29, 0.717) is 0 Å². The highest BCUT2D eigenvalue weighted by Crippen LogP contribution is 2.29. The lowest BCUT2D eigenvalue weighted by Gasteiger charge is -2.14. The highest BCUT2D eigenvalue weighted by atomic mass is 19.4. The highest BCUT2D eigenvalue weighted by molar-refractivity contribution is 5.93. The Labute approximate surface area is 152 Å². The van der Waals surface area contributed by atoms with Crippen molar-refractivity contribution in [2.24, 2.45) is 10.7 Å². The molecule has 3 rings (SSSR count). The van der Waals surface area contributed by atoms with Gasteiger partial charge in [0.25, 0.3) is 0 Å². The monoisotopic (exact) mass is 376 g/mol. The number of nitrogens with zero attached hydrogens (tertiary/aromatic N) is 4. The Balaban J connectivity index is 1.65. The van der Waals surface area contributed by atoms with Gasteiger partial charge in [-0.15, -0.1) is 13.2 Å². The Kier molecular flexibility index (Phi) is 5.25. The van der Waals surface area contributed by atoms with Crippen LogP contribution in [0.1, 0.15) is 5.56 Å². The standard InChI is InChI=1S/C17H15F3N6O/c18-17(19,20)27-15-4-2-1-3-14(15)25-16(21)23-9-12-5-7-13(8-6-12)26-11-22-10-24-26/h1-8,10-11H,9H2,(H3,21,23,25). The Bertz CT molecular complexity index is 907. The zero-order valence-corrected chi connectivity index (χ0v) is 13.9. The van der Waals surface area contributed by atoms with Gasteiger partial charge in [-0.05, 0) is 29.8 Å². The third kappa shape index (κ3) is 5.21. The molecule has 0 saturated carbocycles. The second-order valence-corrected chi connectivity index (χ2v) is 5.38. The van der Waals surface area contributed by atoms with Crippen LogP contribution in [0.3, 0.4) is 0 Å². The van der Waals surface area contributed by atoms with Gasteiger partial charge in [0.15, 0.2) is 11.7 Å². The van der Waals surface area contributed by atoms with Gasteiger partial charge in [0.2, 0.25) is 0 Å². The van der Waals surface area contributed by atoms with Crippen molar-refractivity contribution in [1.82, 2.24) is 14.8 Å². The molecule has 0 aliphatic heterocycles. The Hall–Kier alpha value is -3.56. The SMILES string of the molecule is NC(=NCc1ccc(-n2cncn2)cc1)Nc1ccccc1OC(F)(F)F. The van der Waals surface area contributed by atoms with E-state index in [0.717, 1.165) is 11.3 Å². The van der Waals surface area contributed by atoms with Gasteiger partial charge in [0, 0.05) is 0 Å². The van der Waals surface area contributed by atoms with Crippen LogP contribution < -0.4 is 15.8 Å². The van der Waals surface area contributed by atoms with Crippen molar-refractivity contribution < 1.29 is 17.9 Å². The maximum absolute atomic E-state index is 12.4. The number of ether oxygens (including phenoxy) is 1. The van der Waals surface area contributed by atoms with Gasteiger partial charge in [-0.25, -0.2) is 14.7 Å². The number of aromatic nitrogens is 3. The number of hydrogen-bond donors (Lipinski definition) is 2. The van der Waals surface area contributed by atoms with Crippen LogP contribution in [0.2, 0.25) is 0 Å². The molecule has 0 atom stereocenters. The number of para-hydroxylation sites is 2. The number of rotatable bonds is 5. The Morgan fingerprint density at radius 1 is 1.15 bits per heavy atom. The molecule has 0 aliphatic rings. The summed E-state index contributed by atoms with van der Waals surface area (Å²) < 4.78 is 42.9. The zero-order valence-electron chi connectivity index (χ0n) is 13.9. The molecule has 1 aromatic heterocycles. The smallest absolute Gasteiger partial charge is 0.404 e.